The Morgan fingerprint density at radius 1 is 0.542 bits per heavy atom. The summed E-state index contributed by atoms with van der Waals surface area (Å²) >= 11 is 0. The van der Waals surface area contributed by atoms with Crippen LogP contribution in [-0.2, 0) is 0 Å². The molecule has 0 aliphatic heterocycles. The van der Waals surface area contributed by atoms with E-state index >= 15 is 0 Å². The molecule has 0 aliphatic rings. The second-order valence-corrected chi connectivity index (χ2v) is 6.38. The number of fused-ring (bicyclic) bond motifs is 7. The van der Waals surface area contributed by atoms with Gasteiger partial charge in [0.15, 0.2) is 0 Å². The highest BCUT2D eigenvalue weighted by atomic mass is 14.9. The van der Waals surface area contributed by atoms with Crippen LogP contribution < -0.4 is 0 Å². The molecule has 2 heterocycles. The summed E-state index contributed by atoms with van der Waals surface area (Å²) in [7, 11) is 1.98. The zero-order valence-corrected chi connectivity index (χ0v) is 14.1. The highest BCUT2D eigenvalue weighted by molar-refractivity contribution is 6.42. The van der Waals surface area contributed by atoms with Crippen LogP contribution >= 0.6 is 0 Å². The Bertz CT molecular complexity index is 1130. The van der Waals surface area contributed by atoms with E-state index in [1.54, 1.807) is 0 Å². The third-order valence-electron chi connectivity index (χ3n) is 5.30. The Hall–Kier alpha value is -2.61. The lowest BCUT2D eigenvalue weighted by atomic mass is 9.98. The van der Waals surface area contributed by atoms with E-state index in [2.05, 4.69) is 83.3 Å². The molecule has 3 aromatic carbocycles. The fourth-order valence-corrected chi connectivity index (χ4v) is 4.36. The molecule has 2 nitrogen and oxygen atoms in total. The second kappa shape index (κ2) is 4.94. The molecule has 0 saturated carbocycles. The zero-order chi connectivity index (χ0) is 16.3. The van der Waals surface area contributed by atoms with Crippen LogP contribution in [0.15, 0.2) is 60.7 Å². The van der Waals surface area contributed by atoms with Gasteiger partial charge in [-0.15, -0.1) is 0 Å². The van der Waals surface area contributed by atoms with Crippen LogP contribution in [0.4, 0.5) is 0 Å². The molecule has 5 aromatic rings. The lowest BCUT2D eigenvalue weighted by Gasteiger charge is -2.04. The normalized spacial score (nSPS) is 11.8. The minimum absolute atomic E-state index is 0.988. The van der Waals surface area contributed by atoms with E-state index in [1.165, 1.54) is 43.6 Å². The number of hydrogen-bond donors (Lipinski definition) is 0. The van der Waals surface area contributed by atoms with Crippen molar-refractivity contribution in [3.63, 3.8) is 0 Å². The van der Waals surface area contributed by atoms with Crippen LogP contribution in [0.3, 0.4) is 0 Å². The molecule has 0 unspecified atom stereocenters. The van der Waals surface area contributed by atoms with Gasteiger partial charge in [0.2, 0.25) is 14.8 Å². The Kier molecular flexibility index (Phi) is 2.84. The molecule has 0 fully saturated rings. The van der Waals surface area contributed by atoms with Crippen LogP contribution in [-0.4, -0.2) is 23.8 Å². The number of hydrogen-bond acceptors (Lipinski definition) is 0. The van der Waals surface area contributed by atoms with Crippen LogP contribution in [0.2, 0.25) is 13.6 Å². The molecule has 0 saturated heterocycles. The van der Waals surface area contributed by atoms with Crippen LogP contribution in [0, 0.1) is 0 Å². The standard InChI is InChI=1S/C20H18B2N2/c1-21-23-15-9-5-3-7-13(15)19-17(23)11-12-18-20(19)14-8-4-6-10-16(14)24(18)22-2/h3-12,21-22H,1-2H3. The largest absolute Gasteiger partial charge is 0.389 e. The quantitative estimate of drug-likeness (QED) is 0.428. The van der Waals surface area contributed by atoms with Gasteiger partial charge in [-0.2, -0.15) is 0 Å². The van der Waals surface area contributed by atoms with Crippen molar-refractivity contribution in [3.05, 3.63) is 60.7 Å². The molecule has 0 radical (unpaired) electrons. The lowest BCUT2D eigenvalue weighted by Crippen LogP contribution is -2.01. The number of para-hydroxylation sites is 2. The first-order chi connectivity index (χ1) is 11.8. The van der Waals surface area contributed by atoms with Crippen molar-refractivity contribution in [3.8, 4) is 0 Å². The van der Waals surface area contributed by atoms with Gasteiger partial charge < -0.3 is 8.96 Å². The number of nitrogens with zero attached hydrogens (tertiary/aromatic N) is 2. The average molecular weight is 308 g/mol. The molecule has 0 atom stereocenters. The van der Waals surface area contributed by atoms with E-state index in [0.29, 0.717) is 0 Å². The van der Waals surface area contributed by atoms with Gasteiger partial charge in [-0.3, -0.25) is 0 Å². The van der Waals surface area contributed by atoms with Crippen molar-refractivity contribution >= 4 is 58.4 Å². The molecular weight excluding hydrogens is 290 g/mol. The van der Waals surface area contributed by atoms with Crippen LogP contribution in [0.5, 0.6) is 0 Å². The third-order valence-corrected chi connectivity index (χ3v) is 5.30. The van der Waals surface area contributed by atoms with Crippen molar-refractivity contribution in [1.82, 2.24) is 8.96 Å². The predicted molar refractivity (Wildman–Crippen MR) is 109 cm³/mol. The third kappa shape index (κ3) is 1.58. The molecule has 114 valence electrons. The van der Waals surface area contributed by atoms with Gasteiger partial charge in [-0.25, -0.2) is 0 Å². The van der Waals surface area contributed by atoms with Gasteiger partial charge in [0.1, 0.15) is 0 Å². The maximum Gasteiger partial charge on any atom is 0.239 e. The van der Waals surface area contributed by atoms with Gasteiger partial charge in [0.05, 0.1) is 0 Å². The summed E-state index contributed by atoms with van der Waals surface area (Å²) in [6.45, 7) is 4.46. The molecule has 0 aliphatic carbocycles. The van der Waals surface area contributed by atoms with Crippen molar-refractivity contribution in [2.45, 2.75) is 13.6 Å². The Labute approximate surface area is 142 Å². The summed E-state index contributed by atoms with van der Waals surface area (Å²) in [5, 5.41) is 5.51. The summed E-state index contributed by atoms with van der Waals surface area (Å²) in [5.41, 5.74) is 5.34. The van der Waals surface area contributed by atoms with Crippen molar-refractivity contribution in [2.24, 2.45) is 0 Å². The highest BCUT2D eigenvalue weighted by Crippen LogP contribution is 2.39. The zero-order valence-electron chi connectivity index (χ0n) is 14.1. The van der Waals surface area contributed by atoms with Crippen molar-refractivity contribution in [1.29, 1.82) is 0 Å². The van der Waals surface area contributed by atoms with Gasteiger partial charge in [0.25, 0.3) is 0 Å². The summed E-state index contributed by atoms with van der Waals surface area (Å²) in [5.74, 6) is 0. The molecule has 24 heavy (non-hydrogen) atoms. The monoisotopic (exact) mass is 308 g/mol. The topological polar surface area (TPSA) is 9.86 Å². The maximum atomic E-state index is 2.43. The molecule has 0 bridgehead atoms. The van der Waals surface area contributed by atoms with E-state index < -0.39 is 0 Å². The number of aromatic nitrogens is 2. The first-order valence-corrected chi connectivity index (χ1v) is 8.76. The predicted octanol–water partition coefficient (Wildman–Crippen LogP) is 4.40. The van der Waals surface area contributed by atoms with E-state index in [1.807, 2.05) is 0 Å². The molecule has 5 rings (SSSR count). The smallest absolute Gasteiger partial charge is 0.239 e. The first-order valence-electron chi connectivity index (χ1n) is 8.76. The van der Waals surface area contributed by atoms with Gasteiger partial charge >= 0.3 is 0 Å². The SMILES string of the molecule is CBn1c2ccccc2c2c3c4ccccc4n(BC)c3ccc21. The average Bonchev–Trinajstić information content (AvgIpc) is 3.13. The fraction of sp³-hybridized carbons (Fsp3) is 0.100. The number of rotatable bonds is 2. The molecule has 0 spiro atoms. The Morgan fingerprint density at radius 3 is 1.38 bits per heavy atom. The molecule has 2 aromatic heterocycles. The summed E-state index contributed by atoms with van der Waals surface area (Å²) < 4.78 is 4.87. The second-order valence-electron chi connectivity index (χ2n) is 6.38. The van der Waals surface area contributed by atoms with Gasteiger partial charge in [-0.1, -0.05) is 50.0 Å². The Balaban J connectivity index is 2.16. The lowest BCUT2D eigenvalue weighted by molar-refractivity contribution is 1.35. The van der Waals surface area contributed by atoms with Crippen molar-refractivity contribution < 1.29 is 0 Å². The van der Waals surface area contributed by atoms with Gasteiger partial charge in [0, 0.05) is 43.6 Å². The van der Waals surface area contributed by atoms with E-state index in [0.717, 1.165) is 14.8 Å². The molecule has 0 amide bonds. The van der Waals surface area contributed by atoms with E-state index in [9.17, 15) is 0 Å². The molecule has 0 N–H and O–H groups in total. The Morgan fingerprint density at radius 2 is 0.958 bits per heavy atom. The summed E-state index contributed by atoms with van der Waals surface area (Å²) in [6, 6.07) is 22.2. The van der Waals surface area contributed by atoms with E-state index in [-0.39, 0.29) is 0 Å². The summed E-state index contributed by atoms with van der Waals surface area (Å²) in [6.07, 6.45) is 0. The van der Waals surface area contributed by atoms with E-state index in [4.69, 9.17) is 0 Å². The van der Waals surface area contributed by atoms with Crippen LogP contribution in [0.25, 0.3) is 43.6 Å². The first kappa shape index (κ1) is 13.8. The van der Waals surface area contributed by atoms with Crippen LogP contribution in [0.1, 0.15) is 0 Å². The highest BCUT2D eigenvalue weighted by Gasteiger charge is 2.17. The molecular formula is C20H18B2N2. The minimum Gasteiger partial charge on any atom is -0.389 e. The van der Waals surface area contributed by atoms with Gasteiger partial charge in [-0.05, 0) is 24.3 Å². The van der Waals surface area contributed by atoms with Crippen molar-refractivity contribution in [2.75, 3.05) is 0 Å². The maximum absolute atomic E-state index is 2.43. The fourth-order valence-electron chi connectivity index (χ4n) is 4.36. The summed E-state index contributed by atoms with van der Waals surface area (Å²) in [4.78, 5) is 0. The molecule has 4 heteroatoms. The minimum atomic E-state index is 0.988. The number of benzene rings is 3.